The number of aromatic nitrogens is 1. The number of piperidine rings is 1. The predicted octanol–water partition coefficient (Wildman–Crippen LogP) is 3.67. The van der Waals surface area contributed by atoms with Crippen LogP contribution in [0.1, 0.15) is 45.4 Å². The number of unbranched alkanes of at least 4 members (excludes halogenated alkanes) is 2. The molecule has 100 valence electrons. The maximum atomic E-state index is 4.56. The van der Waals surface area contributed by atoms with Gasteiger partial charge < -0.3 is 10.2 Å². The quantitative estimate of drug-likeness (QED) is 0.777. The molecule has 0 saturated carbocycles. The minimum atomic E-state index is 1.05. The summed E-state index contributed by atoms with van der Waals surface area (Å²) in [5.41, 5.74) is 1.15. The number of hydrogen-bond acceptors (Lipinski definition) is 3. The molecule has 0 spiro atoms. The SMILES string of the molecule is CCCCCNc1ccc(N2CCCCC2)nc1. The van der Waals surface area contributed by atoms with E-state index < -0.39 is 0 Å². The number of nitrogens with one attached hydrogen (secondary N) is 1. The molecule has 2 heterocycles. The first-order chi connectivity index (χ1) is 8.90. The molecule has 3 nitrogen and oxygen atoms in total. The number of pyridine rings is 1. The Morgan fingerprint density at radius 1 is 1.17 bits per heavy atom. The average Bonchev–Trinajstić information content (AvgIpc) is 2.45. The molecule has 1 saturated heterocycles. The van der Waals surface area contributed by atoms with Gasteiger partial charge in [-0.25, -0.2) is 4.98 Å². The summed E-state index contributed by atoms with van der Waals surface area (Å²) < 4.78 is 0. The maximum absolute atomic E-state index is 4.56. The van der Waals surface area contributed by atoms with Gasteiger partial charge in [0.25, 0.3) is 0 Å². The van der Waals surface area contributed by atoms with Crippen LogP contribution >= 0.6 is 0 Å². The van der Waals surface area contributed by atoms with Crippen molar-refractivity contribution in [3.8, 4) is 0 Å². The highest BCUT2D eigenvalue weighted by molar-refractivity contribution is 5.48. The van der Waals surface area contributed by atoms with Gasteiger partial charge in [-0.3, -0.25) is 0 Å². The third-order valence-electron chi connectivity index (χ3n) is 3.54. The lowest BCUT2D eigenvalue weighted by atomic mass is 10.1. The van der Waals surface area contributed by atoms with Crippen LogP contribution in [0.4, 0.5) is 11.5 Å². The van der Waals surface area contributed by atoms with Crippen molar-refractivity contribution in [3.05, 3.63) is 18.3 Å². The highest BCUT2D eigenvalue weighted by Gasteiger charge is 2.11. The zero-order chi connectivity index (χ0) is 12.6. The Bertz CT molecular complexity index is 328. The second kappa shape index (κ2) is 7.24. The van der Waals surface area contributed by atoms with Crippen LogP contribution in [0.3, 0.4) is 0 Å². The number of hydrogen-bond donors (Lipinski definition) is 1. The van der Waals surface area contributed by atoms with Crippen molar-refractivity contribution >= 4 is 11.5 Å². The van der Waals surface area contributed by atoms with E-state index in [4.69, 9.17) is 0 Å². The van der Waals surface area contributed by atoms with Gasteiger partial charge in [0.05, 0.1) is 11.9 Å². The Balaban J connectivity index is 1.81. The Hall–Kier alpha value is -1.25. The van der Waals surface area contributed by atoms with Gasteiger partial charge in [-0.15, -0.1) is 0 Å². The van der Waals surface area contributed by atoms with Crippen LogP contribution in [-0.2, 0) is 0 Å². The van der Waals surface area contributed by atoms with Crippen molar-refractivity contribution < 1.29 is 0 Å². The molecule has 0 unspecified atom stereocenters. The van der Waals surface area contributed by atoms with Gasteiger partial charge in [0.15, 0.2) is 0 Å². The molecule has 2 rings (SSSR count). The van der Waals surface area contributed by atoms with E-state index in [0.29, 0.717) is 0 Å². The van der Waals surface area contributed by atoms with Crippen molar-refractivity contribution in [2.24, 2.45) is 0 Å². The fraction of sp³-hybridized carbons (Fsp3) is 0.667. The summed E-state index contributed by atoms with van der Waals surface area (Å²) in [6.45, 7) is 5.61. The van der Waals surface area contributed by atoms with Gasteiger partial charge in [-0.05, 0) is 37.8 Å². The Labute approximate surface area is 111 Å². The average molecular weight is 247 g/mol. The van der Waals surface area contributed by atoms with E-state index in [-0.39, 0.29) is 0 Å². The molecule has 1 N–H and O–H groups in total. The number of rotatable bonds is 6. The van der Waals surface area contributed by atoms with Gasteiger partial charge in [-0.1, -0.05) is 19.8 Å². The molecule has 1 aromatic heterocycles. The molecule has 0 radical (unpaired) electrons. The first-order valence-corrected chi connectivity index (χ1v) is 7.35. The van der Waals surface area contributed by atoms with Gasteiger partial charge >= 0.3 is 0 Å². The fourth-order valence-corrected chi connectivity index (χ4v) is 2.41. The molecule has 3 heteroatoms. The summed E-state index contributed by atoms with van der Waals surface area (Å²) in [5, 5.41) is 3.43. The molecular formula is C15H25N3. The van der Waals surface area contributed by atoms with Crippen molar-refractivity contribution in [2.75, 3.05) is 29.9 Å². The summed E-state index contributed by atoms with van der Waals surface area (Å²) in [7, 11) is 0. The summed E-state index contributed by atoms with van der Waals surface area (Å²) >= 11 is 0. The Morgan fingerprint density at radius 2 is 2.00 bits per heavy atom. The van der Waals surface area contributed by atoms with Crippen molar-refractivity contribution in [3.63, 3.8) is 0 Å². The predicted molar refractivity (Wildman–Crippen MR) is 78.3 cm³/mol. The van der Waals surface area contributed by atoms with E-state index in [1.165, 1.54) is 38.5 Å². The normalized spacial score (nSPS) is 15.7. The number of anilines is 2. The monoisotopic (exact) mass is 247 g/mol. The second-order valence-corrected chi connectivity index (χ2v) is 5.09. The lowest BCUT2D eigenvalue weighted by Crippen LogP contribution is -2.30. The van der Waals surface area contributed by atoms with Gasteiger partial charge in [0.2, 0.25) is 0 Å². The Kier molecular flexibility index (Phi) is 5.31. The third kappa shape index (κ3) is 3.90. The van der Waals surface area contributed by atoms with E-state index in [2.05, 4.69) is 34.3 Å². The second-order valence-electron chi connectivity index (χ2n) is 5.09. The van der Waals surface area contributed by atoms with E-state index in [1.54, 1.807) is 0 Å². The zero-order valence-corrected chi connectivity index (χ0v) is 11.5. The van der Waals surface area contributed by atoms with Gasteiger partial charge in [-0.2, -0.15) is 0 Å². The standard InChI is InChI=1S/C15H25N3/c1-2-3-5-10-16-14-8-9-15(17-13-14)18-11-6-4-7-12-18/h8-9,13,16H,2-7,10-12H2,1H3. The summed E-state index contributed by atoms with van der Waals surface area (Å²) in [5.74, 6) is 1.13. The van der Waals surface area contributed by atoms with Gasteiger partial charge in [0, 0.05) is 19.6 Å². The molecule has 0 bridgehead atoms. The van der Waals surface area contributed by atoms with Gasteiger partial charge in [0.1, 0.15) is 5.82 Å². The molecule has 1 aromatic rings. The Morgan fingerprint density at radius 3 is 2.67 bits per heavy atom. The lowest BCUT2D eigenvalue weighted by Gasteiger charge is -2.27. The molecule has 0 aromatic carbocycles. The molecule has 18 heavy (non-hydrogen) atoms. The molecule has 0 atom stereocenters. The van der Waals surface area contributed by atoms with Crippen molar-refractivity contribution in [1.82, 2.24) is 4.98 Å². The topological polar surface area (TPSA) is 28.2 Å². The van der Waals surface area contributed by atoms with E-state index in [9.17, 15) is 0 Å². The minimum Gasteiger partial charge on any atom is -0.384 e. The summed E-state index contributed by atoms with van der Waals surface area (Å²) in [6.07, 6.45) is 9.76. The van der Waals surface area contributed by atoms with Crippen LogP contribution in [0.25, 0.3) is 0 Å². The first kappa shape index (κ1) is 13.2. The fourth-order valence-electron chi connectivity index (χ4n) is 2.41. The van der Waals surface area contributed by atoms with Crippen molar-refractivity contribution in [1.29, 1.82) is 0 Å². The maximum Gasteiger partial charge on any atom is 0.128 e. The molecule has 1 fully saturated rings. The van der Waals surface area contributed by atoms with Crippen LogP contribution < -0.4 is 10.2 Å². The van der Waals surface area contributed by atoms with Crippen LogP contribution in [0.15, 0.2) is 18.3 Å². The third-order valence-corrected chi connectivity index (χ3v) is 3.54. The zero-order valence-electron chi connectivity index (χ0n) is 11.5. The molecular weight excluding hydrogens is 222 g/mol. The molecule has 0 aliphatic carbocycles. The van der Waals surface area contributed by atoms with Crippen LogP contribution in [0.5, 0.6) is 0 Å². The minimum absolute atomic E-state index is 1.05. The molecule has 1 aliphatic heterocycles. The molecule has 1 aliphatic rings. The number of nitrogens with zero attached hydrogens (tertiary/aromatic N) is 2. The van der Waals surface area contributed by atoms with Crippen LogP contribution in [-0.4, -0.2) is 24.6 Å². The lowest BCUT2D eigenvalue weighted by molar-refractivity contribution is 0.573. The van der Waals surface area contributed by atoms with Crippen molar-refractivity contribution in [2.45, 2.75) is 45.4 Å². The molecule has 0 amide bonds. The largest absolute Gasteiger partial charge is 0.384 e. The summed E-state index contributed by atoms with van der Waals surface area (Å²) in [4.78, 5) is 6.96. The van der Waals surface area contributed by atoms with E-state index >= 15 is 0 Å². The smallest absolute Gasteiger partial charge is 0.128 e. The van der Waals surface area contributed by atoms with Crippen LogP contribution in [0.2, 0.25) is 0 Å². The highest BCUT2D eigenvalue weighted by atomic mass is 15.2. The first-order valence-electron chi connectivity index (χ1n) is 7.35. The van der Waals surface area contributed by atoms with Crippen LogP contribution in [0, 0.1) is 0 Å². The van der Waals surface area contributed by atoms with E-state index in [0.717, 1.165) is 31.1 Å². The highest BCUT2D eigenvalue weighted by Crippen LogP contribution is 2.18. The summed E-state index contributed by atoms with van der Waals surface area (Å²) in [6, 6.07) is 4.30. The van der Waals surface area contributed by atoms with E-state index in [1.807, 2.05) is 6.20 Å².